The van der Waals surface area contributed by atoms with Crippen molar-refractivity contribution in [3.8, 4) is 0 Å². The van der Waals surface area contributed by atoms with E-state index in [1.165, 1.54) is 35.0 Å². The van der Waals surface area contributed by atoms with E-state index in [4.69, 9.17) is 16.0 Å². The van der Waals surface area contributed by atoms with Gasteiger partial charge in [-0.2, -0.15) is 0 Å². The summed E-state index contributed by atoms with van der Waals surface area (Å²) in [6.07, 6.45) is 4.52. The van der Waals surface area contributed by atoms with Crippen molar-refractivity contribution in [2.45, 2.75) is 0 Å². The van der Waals surface area contributed by atoms with Gasteiger partial charge in [-0.05, 0) is 30.3 Å². The topological polar surface area (TPSA) is 63.1 Å². The molecule has 106 valence electrons. The molecular weight excluding hydrogens is 330 g/mol. The molecule has 0 unspecified atom stereocenters. The number of thiophene rings is 1. The van der Waals surface area contributed by atoms with Crippen molar-refractivity contribution in [2.75, 3.05) is 0 Å². The van der Waals surface area contributed by atoms with Crippen molar-refractivity contribution in [3.63, 3.8) is 0 Å². The van der Waals surface area contributed by atoms with Crippen LogP contribution in [0.4, 0.5) is 0 Å². The lowest BCUT2D eigenvalue weighted by molar-refractivity contribution is 0.103. The van der Waals surface area contributed by atoms with Crippen LogP contribution in [0.15, 0.2) is 39.7 Å². The van der Waals surface area contributed by atoms with Gasteiger partial charge in [0, 0.05) is 11.0 Å². The molecule has 1 N–H and O–H groups in total. The molecule has 4 nitrogen and oxygen atoms in total. The average Bonchev–Trinajstić information content (AvgIpc) is 3.14. The Bertz CT molecular complexity index is 947. The Hall–Kier alpha value is -1.89. The monoisotopic (exact) mass is 337 g/mol. The van der Waals surface area contributed by atoms with Gasteiger partial charge in [-0.1, -0.05) is 11.6 Å². The Balaban J connectivity index is 2.00. The van der Waals surface area contributed by atoms with Crippen LogP contribution in [0.5, 0.6) is 0 Å². The number of ketones is 1. The highest BCUT2D eigenvalue weighted by atomic mass is 35.5. The van der Waals surface area contributed by atoms with Crippen molar-refractivity contribution < 1.29 is 9.21 Å². The number of thiazole rings is 1. The van der Waals surface area contributed by atoms with E-state index in [0.29, 0.717) is 13.5 Å². The van der Waals surface area contributed by atoms with E-state index in [1.807, 2.05) is 6.07 Å². The van der Waals surface area contributed by atoms with Gasteiger partial charge in [-0.25, -0.2) is 0 Å². The van der Waals surface area contributed by atoms with Gasteiger partial charge < -0.3 is 9.40 Å². The van der Waals surface area contributed by atoms with E-state index in [0.717, 1.165) is 4.88 Å². The molecule has 0 saturated heterocycles. The maximum atomic E-state index is 11.9. The summed E-state index contributed by atoms with van der Waals surface area (Å²) in [5.74, 6) is -0.0527. The summed E-state index contributed by atoms with van der Waals surface area (Å²) in [7, 11) is 0. The molecule has 0 bridgehead atoms. The number of rotatable bonds is 3. The van der Waals surface area contributed by atoms with Gasteiger partial charge >= 0.3 is 0 Å². The van der Waals surface area contributed by atoms with E-state index >= 15 is 0 Å². The van der Waals surface area contributed by atoms with Crippen molar-refractivity contribution in [3.05, 3.63) is 65.1 Å². The van der Waals surface area contributed by atoms with E-state index in [1.54, 1.807) is 24.3 Å². The molecule has 3 heterocycles. The molecule has 3 rings (SSSR count). The Labute approximate surface area is 131 Å². The van der Waals surface area contributed by atoms with Gasteiger partial charge in [0.2, 0.25) is 5.78 Å². The first-order valence-corrected chi connectivity index (χ1v) is 7.89. The molecule has 0 spiro atoms. The Morgan fingerprint density at radius 2 is 2.14 bits per heavy atom. The van der Waals surface area contributed by atoms with Crippen LogP contribution in [0.3, 0.4) is 0 Å². The number of H-pyrrole nitrogens is 1. The smallest absolute Gasteiger partial charge is 0.266 e. The minimum Gasteiger partial charge on any atom is -0.461 e. The minimum atomic E-state index is -0.289. The third kappa shape index (κ3) is 3.24. The number of aromatic amines is 1. The fourth-order valence-electron chi connectivity index (χ4n) is 1.67. The zero-order valence-corrected chi connectivity index (χ0v) is 12.8. The van der Waals surface area contributed by atoms with Crippen LogP contribution in [-0.2, 0) is 0 Å². The molecule has 0 amide bonds. The zero-order valence-electron chi connectivity index (χ0n) is 10.5. The maximum absolute atomic E-state index is 11.9. The molecule has 3 aromatic rings. The summed E-state index contributed by atoms with van der Waals surface area (Å²) in [6.45, 7) is 0. The normalized spacial score (nSPS) is 13.0. The van der Waals surface area contributed by atoms with Gasteiger partial charge in [-0.3, -0.25) is 9.59 Å². The lowest BCUT2D eigenvalue weighted by Crippen LogP contribution is -2.19. The lowest BCUT2D eigenvalue weighted by atomic mass is 10.3. The molecule has 0 fully saturated rings. The first-order valence-electron chi connectivity index (χ1n) is 5.87. The zero-order chi connectivity index (χ0) is 14.8. The van der Waals surface area contributed by atoms with Crippen molar-refractivity contribution in [2.24, 2.45) is 0 Å². The van der Waals surface area contributed by atoms with E-state index in [2.05, 4.69) is 4.98 Å². The number of carbonyl (C=O) groups is 1. The van der Waals surface area contributed by atoms with Crippen molar-refractivity contribution in [1.29, 1.82) is 0 Å². The second-order valence-corrected chi connectivity index (χ2v) is 6.89. The summed E-state index contributed by atoms with van der Waals surface area (Å²) in [5, 5.41) is 0. The van der Waals surface area contributed by atoms with E-state index < -0.39 is 0 Å². The van der Waals surface area contributed by atoms with E-state index in [9.17, 15) is 9.59 Å². The molecule has 0 aliphatic carbocycles. The third-order valence-corrected chi connectivity index (χ3v) is 4.72. The molecule has 21 heavy (non-hydrogen) atoms. The fourth-order valence-corrected chi connectivity index (χ4v) is 3.62. The predicted octanol–water partition coefficient (Wildman–Crippen LogP) is 2.24. The molecule has 0 aliphatic rings. The summed E-state index contributed by atoms with van der Waals surface area (Å²) < 4.78 is 6.68. The van der Waals surface area contributed by atoms with Crippen LogP contribution in [0.1, 0.15) is 15.4 Å². The molecule has 0 saturated carbocycles. The van der Waals surface area contributed by atoms with Gasteiger partial charge in [0.15, 0.2) is 5.76 Å². The van der Waals surface area contributed by atoms with Crippen LogP contribution in [-0.4, -0.2) is 10.8 Å². The molecular formula is C14H8ClNO3S2. The highest BCUT2D eigenvalue weighted by Gasteiger charge is 2.05. The number of furan rings is 1. The number of Topliss-reactive ketones (excluding diaryl/α,β-unsaturated/α-hetero) is 1. The minimum absolute atomic E-state index is 0.233. The van der Waals surface area contributed by atoms with Crippen molar-refractivity contribution >= 4 is 52.2 Å². The SMILES string of the molecule is O=C(/C=c1/[nH]c(=O)/c(=C/c2ccc(Cl)s2)s1)c1ccco1. The lowest BCUT2D eigenvalue weighted by Gasteiger charge is -1.84. The van der Waals surface area contributed by atoms with E-state index in [-0.39, 0.29) is 17.1 Å². The van der Waals surface area contributed by atoms with Crippen LogP contribution in [0, 0.1) is 0 Å². The number of carbonyl (C=O) groups excluding carboxylic acids is 1. The largest absolute Gasteiger partial charge is 0.461 e. The summed E-state index contributed by atoms with van der Waals surface area (Å²) in [6, 6.07) is 6.82. The molecule has 0 radical (unpaired) electrons. The second-order valence-electron chi connectivity index (χ2n) is 4.06. The van der Waals surface area contributed by atoms with Crippen LogP contribution < -0.4 is 14.8 Å². The van der Waals surface area contributed by atoms with Gasteiger partial charge in [0.25, 0.3) is 5.56 Å². The number of hydrogen-bond donors (Lipinski definition) is 1. The standard InChI is InChI=1S/C14H8ClNO3S2/c15-12-4-3-8(20-12)6-11-14(18)16-13(21-11)7-9(17)10-2-1-5-19-10/h1-7H,(H,16,18)/b11-6-,13-7-. The first kappa shape index (κ1) is 14.1. The highest BCUT2D eigenvalue weighted by Crippen LogP contribution is 2.21. The Morgan fingerprint density at radius 1 is 1.29 bits per heavy atom. The molecule has 0 aliphatic heterocycles. The van der Waals surface area contributed by atoms with Gasteiger partial charge in [0.1, 0.15) is 0 Å². The van der Waals surface area contributed by atoms with Gasteiger partial charge in [-0.15, -0.1) is 22.7 Å². The number of nitrogens with one attached hydrogen (secondary N) is 1. The first-order chi connectivity index (χ1) is 10.1. The maximum Gasteiger partial charge on any atom is 0.266 e. The second kappa shape index (κ2) is 5.85. The van der Waals surface area contributed by atoms with Crippen LogP contribution in [0.25, 0.3) is 12.2 Å². The quantitative estimate of drug-likeness (QED) is 0.745. The number of aromatic nitrogens is 1. The Kier molecular flexibility index (Phi) is 3.92. The summed E-state index contributed by atoms with van der Waals surface area (Å²) in [4.78, 5) is 27.3. The van der Waals surface area contributed by atoms with Crippen molar-refractivity contribution in [1.82, 2.24) is 4.98 Å². The molecule has 0 aromatic carbocycles. The van der Waals surface area contributed by atoms with Crippen LogP contribution >= 0.6 is 34.3 Å². The highest BCUT2D eigenvalue weighted by molar-refractivity contribution is 7.17. The molecule has 7 heteroatoms. The van der Waals surface area contributed by atoms with Crippen LogP contribution in [0.2, 0.25) is 4.34 Å². The Morgan fingerprint density at radius 3 is 2.81 bits per heavy atom. The molecule has 0 atom stereocenters. The van der Waals surface area contributed by atoms with Gasteiger partial charge in [0.05, 0.1) is 19.8 Å². The predicted molar refractivity (Wildman–Crippen MR) is 84.6 cm³/mol. The fraction of sp³-hybridized carbons (Fsp3) is 0. The number of halogens is 1. The third-order valence-electron chi connectivity index (χ3n) is 2.57. The number of hydrogen-bond acceptors (Lipinski definition) is 5. The summed E-state index contributed by atoms with van der Waals surface area (Å²) in [5.41, 5.74) is -0.233. The molecule has 3 aromatic heterocycles. The summed E-state index contributed by atoms with van der Waals surface area (Å²) >= 11 is 8.45. The average molecular weight is 338 g/mol.